The molecular weight excluding hydrogens is 330 g/mol. The lowest BCUT2D eigenvalue weighted by molar-refractivity contribution is 0.418. The molecule has 0 atom stereocenters. The van der Waals surface area contributed by atoms with E-state index < -0.39 is 50.9 Å². The zero-order valence-corrected chi connectivity index (χ0v) is 10.9. The average Bonchev–Trinajstić information content (AvgIpc) is 2.11. The van der Waals surface area contributed by atoms with Crippen molar-refractivity contribution in [1.29, 1.82) is 0 Å². The van der Waals surface area contributed by atoms with E-state index in [0.717, 1.165) is 0 Å². The summed E-state index contributed by atoms with van der Waals surface area (Å²) in [5.41, 5.74) is 0. The third-order valence-electron chi connectivity index (χ3n) is 1.70. The van der Waals surface area contributed by atoms with E-state index in [9.17, 15) is 25.3 Å². The van der Waals surface area contributed by atoms with E-state index in [1.165, 1.54) is 0 Å². The Morgan fingerprint density at radius 3 is 1.53 bits per heavy atom. The maximum atomic E-state index is 11.0. The number of rotatable bonds is 3. The number of aromatic hydroxyl groups is 1. The monoisotopic (exact) mass is 335 g/mol. The summed E-state index contributed by atoms with van der Waals surface area (Å²) in [7, 11) is -16.3. The van der Waals surface area contributed by atoms with Gasteiger partial charge in [-0.25, -0.2) is 4.98 Å². The maximum Gasteiger partial charge on any atom is 0.313 e. The fourth-order valence-electron chi connectivity index (χ4n) is 1.11. The van der Waals surface area contributed by atoms with Gasteiger partial charge in [-0.05, 0) is 0 Å². The first-order valence-corrected chi connectivity index (χ1v) is 8.22. The van der Waals surface area contributed by atoms with Crippen molar-refractivity contribution in [2.45, 2.75) is 14.8 Å². The van der Waals surface area contributed by atoms with Gasteiger partial charge in [-0.15, -0.1) is 0 Å². The molecule has 0 amide bonds. The molecule has 0 bridgehead atoms. The van der Waals surface area contributed by atoms with Crippen LogP contribution in [0.4, 0.5) is 0 Å². The highest BCUT2D eigenvalue weighted by atomic mass is 32.2. The number of aromatic nitrogens is 1. The molecule has 0 spiro atoms. The van der Waals surface area contributed by atoms with Crippen molar-refractivity contribution in [3.05, 3.63) is 6.20 Å². The summed E-state index contributed by atoms with van der Waals surface area (Å²) in [6, 6.07) is 0. The molecule has 19 heavy (non-hydrogen) atoms. The molecule has 1 rings (SSSR count). The first kappa shape index (κ1) is 15.7. The van der Waals surface area contributed by atoms with Crippen molar-refractivity contribution in [2.24, 2.45) is 0 Å². The van der Waals surface area contributed by atoms with Crippen LogP contribution in [0.5, 0.6) is 5.75 Å². The van der Waals surface area contributed by atoms with Gasteiger partial charge < -0.3 is 5.11 Å². The van der Waals surface area contributed by atoms with Gasteiger partial charge in [0.1, 0.15) is 0 Å². The van der Waals surface area contributed by atoms with Crippen LogP contribution < -0.4 is 0 Å². The molecule has 1 aromatic heterocycles. The predicted molar refractivity (Wildman–Crippen MR) is 55.3 cm³/mol. The predicted octanol–water partition coefficient (Wildman–Crippen LogP) is -1.47. The first-order chi connectivity index (χ1) is 8.26. The molecule has 14 heteroatoms. The van der Waals surface area contributed by atoms with Crippen LogP contribution >= 0.6 is 0 Å². The molecule has 0 saturated heterocycles. The van der Waals surface area contributed by atoms with Crippen LogP contribution in [0, 0.1) is 0 Å². The van der Waals surface area contributed by atoms with Crippen molar-refractivity contribution in [1.82, 2.24) is 4.98 Å². The van der Waals surface area contributed by atoms with Crippen molar-refractivity contribution in [2.75, 3.05) is 0 Å². The molecule has 0 fully saturated rings. The Hall–Kier alpha value is -1.32. The zero-order chi connectivity index (χ0) is 15.2. The Balaban J connectivity index is 4.18. The summed E-state index contributed by atoms with van der Waals surface area (Å²) in [5.74, 6) is -1.44. The molecule has 0 aliphatic heterocycles. The minimum absolute atomic E-state index is 0.154. The Labute approximate surface area is 106 Å². The maximum absolute atomic E-state index is 11.0. The van der Waals surface area contributed by atoms with E-state index in [0.29, 0.717) is 0 Å². The number of hydrogen-bond acceptors (Lipinski definition) is 8. The Morgan fingerprint density at radius 1 is 0.789 bits per heavy atom. The van der Waals surface area contributed by atoms with E-state index in [1.54, 1.807) is 0 Å². The van der Waals surface area contributed by atoms with Gasteiger partial charge >= 0.3 is 10.1 Å². The number of nitrogens with zero attached hydrogens (tertiary/aromatic N) is 1. The lowest BCUT2D eigenvalue weighted by atomic mass is 10.4. The first-order valence-electron chi connectivity index (χ1n) is 3.90. The molecule has 108 valence electrons. The Kier molecular flexibility index (Phi) is 3.61. The summed E-state index contributed by atoms with van der Waals surface area (Å²) in [4.78, 5) is -0.995. The van der Waals surface area contributed by atoms with Crippen molar-refractivity contribution in [3.8, 4) is 5.75 Å². The summed E-state index contributed by atoms with van der Waals surface area (Å²) in [5, 5.41) is 7.36. The minimum Gasteiger partial charge on any atom is -0.505 e. The average molecular weight is 335 g/mol. The van der Waals surface area contributed by atoms with Gasteiger partial charge in [-0.2, -0.15) is 25.3 Å². The van der Waals surface area contributed by atoms with E-state index in [4.69, 9.17) is 18.8 Å². The molecule has 0 unspecified atom stereocenters. The lowest BCUT2D eigenvalue weighted by Gasteiger charge is -2.09. The second-order valence-corrected chi connectivity index (χ2v) is 7.09. The van der Waals surface area contributed by atoms with Crippen LogP contribution in [0.1, 0.15) is 0 Å². The van der Waals surface area contributed by atoms with Crippen molar-refractivity contribution >= 4 is 30.4 Å². The summed E-state index contributed by atoms with van der Waals surface area (Å²) in [6.45, 7) is 0. The van der Waals surface area contributed by atoms with Crippen LogP contribution in [0.2, 0.25) is 0 Å². The van der Waals surface area contributed by atoms with Gasteiger partial charge in [0, 0.05) is 0 Å². The molecular formula is C5H5NO10S3. The molecule has 1 heterocycles. The fraction of sp³-hybridized carbons (Fsp3) is 0. The van der Waals surface area contributed by atoms with Gasteiger partial charge in [0.15, 0.2) is 15.5 Å². The molecule has 11 nitrogen and oxygen atoms in total. The highest BCUT2D eigenvalue weighted by Gasteiger charge is 2.36. The Morgan fingerprint density at radius 2 is 1.21 bits per heavy atom. The SMILES string of the molecule is O=S(=O)(O)c1ncc(O)c(S(=O)(=O)O)c1S(=O)(=O)O. The van der Waals surface area contributed by atoms with Crippen LogP contribution in [-0.2, 0) is 30.4 Å². The third kappa shape index (κ3) is 3.17. The quantitative estimate of drug-likeness (QED) is 0.470. The molecule has 1 aromatic rings. The van der Waals surface area contributed by atoms with E-state index in [2.05, 4.69) is 4.98 Å². The molecule has 0 aliphatic carbocycles. The van der Waals surface area contributed by atoms with Gasteiger partial charge in [0.25, 0.3) is 20.2 Å². The van der Waals surface area contributed by atoms with Crippen LogP contribution in [0.25, 0.3) is 0 Å². The fourth-order valence-corrected chi connectivity index (χ4v) is 4.22. The highest BCUT2D eigenvalue weighted by molar-refractivity contribution is 7.90. The molecule has 0 aromatic carbocycles. The molecule has 0 radical (unpaired) electrons. The van der Waals surface area contributed by atoms with Crippen LogP contribution in [0.3, 0.4) is 0 Å². The van der Waals surface area contributed by atoms with Gasteiger partial charge in [-0.1, -0.05) is 0 Å². The second kappa shape index (κ2) is 4.36. The van der Waals surface area contributed by atoms with Crippen LogP contribution in [-0.4, -0.2) is 49.0 Å². The summed E-state index contributed by atoms with van der Waals surface area (Å²) >= 11 is 0. The second-order valence-electron chi connectivity index (χ2n) is 3.03. The number of hydrogen-bond donors (Lipinski definition) is 4. The normalized spacial score (nSPS) is 13.4. The lowest BCUT2D eigenvalue weighted by Crippen LogP contribution is -2.16. The topological polar surface area (TPSA) is 196 Å². The van der Waals surface area contributed by atoms with E-state index in [-0.39, 0.29) is 6.20 Å². The van der Waals surface area contributed by atoms with Gasteiger partial charge in [-0.3, -0.25) is 13.7 Å². The molecule has 0 aliphatic rings. The minimum atomic E-state index is -5.55. The highest BCUT2D eigenvalue weighted by Crippen LogP contribution is 2.32. The molecule has 4 N–H and O–H groups in total. The standard InChI is InChI=1S/C5H5NO10S3/c7-2-1-6-5(19(14,15)16)4(18(11,12)13)3(2)17(8,9)10/h1,7H,(H,8,9,10)(H,11,12,13)(H,14,15,16). The Bertz CT molecular complexity index is 833. The smallest absolute Gasteiger partial charge is 0.313 e. The summed E-state index contributed by atoms with van der Waals surface area (Å²) < 4.78 is 91.7. The van der Waals surface area contributed by atoms with Gasteiger partial charge in [0.05, 0.1) is 6.20 Å². The van der Waals surface area contributed by atoms with Crippen molar-refractivity contribution < 1.29 is 44.0 Å². The zero-order valence-electron chi connectivity index (χ0n) is 8.49. The third-order valence-corrected chi connectivity index (χ3v) is 4.60. The van der Waals surface area contributed by atoms with Crippen molar-refractivity contribution in [3.63, 3.8) is 0 Å². The largest absolute Gasteiger partial charge is 0.505 e. The number of pyridine rings is 1. The van der Waals surface area contributed by atoms with E-state index >= 15 is 0 Å². The van der Waals surface area contributed by atoms with Crippen LogP contribution in [0.15, 0.2) is 21.0 Å². The van der Waals surface area contributed by atoms with E-state index in [1.807, 2.05) is 0 Å². The molecule has 0 saturated carbocycles. The summed E-state index contributed by atoms with van der Waals surface area (Å²) in [6.07, 6.45) is 0.154. The van der Waals surface area contributed by atoms with Gasteiger partial charge in [0.2, 0.25) is 5.03 Å².